The van der Waals surface area contributed by atoms with Gasteiger partial charge in [-0.25, -0.2) is 0 Å². The molecule has 2 amide bonds. The minimum absolute atomic E-state index is 0.000652. The number of carbonyl (C=O) groups excluding carboxylic acids is 2. The number of rotatable bonds is 4. The SMILES string of the molecule is NC(=O)c1cccc(CNC(=O)C2C3CCC(C3)C2N)c1. The normalized spacial score (nSPS) is 30.3. The van der Waals surface area contributed by atoms with Gasteiger partial charge in [-0.15, -0.1) is 0 Å². The Morgan fingerprint density at radius 2 is 2.00 bits per heavy atom. The molecular formula is C16H21N3O2. The fourth-order valence-electron chi connectivity index (χ4n) is 3.87. The first-order valence-corrected chi connectivity index (χ1v) is 7.48. The third kappa shape index (κ3) is 2.65. The summed E-state index contributed by atoms with van der Waals surface area (Å²) in [6, 6.07) is 7.02. The Kier molecular flexibility index (Phi) is 3.68. The fraction of sp³-hybridized carbons (Fsp3) is 0.500. The van der Waals surface area contributed by atoms with Crippen LogP contribution < -0.4 is 16.8 Å². The molecule has 5 nitrogen and oxygen atoms in total. The van der Waals surface area contributed by atoms with Gasteiger partial charge in [-0.3, -0.25) is 9.59 Å². The van der Waals surface area contributed by atoms with Crippen molar-refractivity contribution in [2.24, 2.45) is 29.2 Å². The van der Waals surface area contributed by atoms with E-state index >= 15 is 0 Å². The van der Waals surface area contributed by atoms with Crippen molar-refractivity contribution in [3.63, 3.8) is 0 Å². The molecule has 4 unspecified atom stereocenters. The van der Waals surface area contributed by atoms with Crippen molar-refractivity contribution in [1.29, 1.82) is 0 Å². The number of fused-ring (bicyclic) bond motifs is 2. The summed E-state index contributed by atoms with van der Waals surface area (Å²) in [6.45, 7) is 0.403. The monoisotopic (exact) mass is 287 g/mol. The standard InChI is InChI=1S/C16H21N3O2/c17-14-11-5-4-10(7-11)13(14)16(21)19-8-9-2-1-3-12(6-9)15(18)20/h1-3,6,10-11,13-14H,4-5,7-8,17H2,(H2,18,20)(H,19,21). The number of carbonyl (C=O) groups is 2. The highest BCUT2D eigenvalue weighted by Crippen LogP contribution is 2.47. The van der Waals surface area contributed by atoms with Gasteiger partial charge in [0.1, 0.15) is 0 Å². The summed E-state index contributed by atoms with van der Waals surface area (Å²) in [5, 5.41) is 2.95. The quantitative estimate of drug-likeness (QED) is 0.763. The maximum atomic E-state index is 12.4. The molecule has 3 rings (SSSR count). The van der Waals surface area contributed by atoms with Crippen molar-refractivity contribution < 1.29 is 9.59 Å². The Bertz CT molecular complexity index is 570. The smallest absolute Gasteiger partial charge is 0.248 e. The van der Waals surface area contributed by atoms with E-state index in [-0.39, 0.29) is 17.9 Å². The van der Waals surface area contributed by atoms with E-state index in [1.165, 1.54) is 0 Å². The summed E-state index contributed by atoms with van der Waals surface area (Å²) in [6.07, 6.45) is 3.38. The molecule has 1 aromatic rings. The molecule has 4 atom stereocenters. The Balaban J connectivity index is 1.61. The molecule has 112 valence electrons. The molecule has 0 radical (unpaired) electrons. The van der Waals surface area contributed by atoms with Crippen molar-refractivity contribution in [2.75, 3.05) is 0 Å². The zero-order chi connectivity index (χ0) is 15.0. The van der Waals surface area contributed by atoms with Crippen LogP contribution in [0.2, 0.25) is 0 Å². The molecule has 21 heavy (non-hydrogen) atoms. The Morgan fingerprint density at radius 1 is 1.24 bits per heavy atom. The van der Waals surface area contributed by atoms with Crippen LogP contribution in [0.15, 0.2) is 24.3 Å². The van der Waals surface area contributed by atoms with Gasteiger partial charge in [0.2, 0.25) is 11.8 Å². The predicted molar refractivity (Wildman–Crippen MR) is 79.1 cm³/mol. The van der Waals surface area contributed by atoms with Gasteiger partial charge in [0.25, 0.3) is 0 Å². The molecule has 5 heteroatoms. The Hall–Kier alpha value is -1.88. The van der Waals surface area contributed by atoms with Crippen molar-refractivity contribution in [3.8, 4) is 0 Å². The molecule has 2 saturated carbocycles. The summed E-state index contributed by atoms with van der Waals surface area (Å²) in [5.74, 6) is 0.492. The average molecular weight is 287 g/mol. The van der Waals surface area contributed by atoms with Crippen LogP contribution >= 0.6 is 0 Å². The molecule has 2 aliphatic carbocycles. The summed E-state index contributed by atoms with van der Waals surface area (Å²) in [7, 11) is 0. The van der Waals surface area contributed by atoms with E-state index in [1.54, 1.807) is 18.2 Å². The summed E-state index contributed by atoms with van der Waals surface area (Å²) < 4.78 is 0. The Morgan fingerprint density at radius 3 is 2.67 bits per heavy atom. The third-order valence-electron chi connectivity index (χ3n) is 4.96. The van der Waals surface area contributed by atoms with Crippen LogP contribution in [-0.2, 0) is 11.3 Å². The number of nitrogens with one attached hydrogen (secondary N) is 1. The summed E-state index contributed by atoms with van der Waals surface area (Å²) >= 11 is 0. The molecule has 2 fully saturated rings. The van der Waals surface area contributed by atoms with E-state index in [0.717, 1.165) is 24.8 Å². The van der Waals surface area contributed by atoms with E-state index in [1.807, 2.05) is 6.07 Å². The molecule has 1 aromatic carbocycles. The number of hydrogen-bond donors (Lipinski definition) is 3. The zero-order valence-electron chi connectivity index (χ0n) is 11.9. The van der Waals surface area contributed by atoms with Crippen LogP contribution in [0.1, 0.15) is 35.2 Å². The molecule has 0 spiro atoms. The molecule has 0 heterocycles. The van der Waals surface area contributed by atoms with E-state index in [9.17, 15) is 9.59 Å². The van der Waals surface area contributed by atoms with Gasteiger partial charge in [0, 0.05) is 18.2 Å². The minimum Gasteiger partial charge on any atom is -0.366 e. The average Bonchev–Trinajstić information content (AvgIpc) is 3.06. The second-order valence-electron chi connectivity index (χ2n) is 6.22. The molecule has 5 N–H and O–H groups in total. The van der Waals surface area contributed by atoms with E-state index in [2.05, 4.69) is 5.32 Å². The first-order chi connectivity index (χ1) is 10.1. The van der Waals surface area contributed by atoms with Crippen molar-refractivity contribution >= 4 is 11.8 Å². The highest BCUT2D eigenvalue weighted by molar-refractivity contribution is 5.92. The number of amides is 2. The molecule has 2 aliphatic rings. The highest BCUT2D eigenvalue weighted by Gasteiger charge is 2.48. The van der Waals surface area contributed by atoms with E-state index in [4.69, 9.17) is 11.5 Å². The second kappa shape index (κ2) is 5.48. The van der Waals surface area contributed by atoms with Gasteiger partial charge >= 0.3 is 0 Å². The maximum Gasteiger partial charge on any atom is 0.248 e. The number of nitrogens with two attached hydrogens (primary N) is 2. The summed E-state index contributed by atoms with van der Waals surface area (Å²) in [5.41, 5.74) is 12.8. The topological polar surface area (TPSA) is 98.2 Å². The summed E-state index contributed by atoms with van der Waals surface area (Å²) in [4.78, 5) is 23.5. The maximum absolute atomic E-state index is 12.4. The van der Waals surface area contributed by atoms with Crippen LogP contribution in [0.4, 0.5) is 0 Å². The van der Waals surface area contributed by atoms with E-state index in [0.29, 0.717) is 23.9 Å². The first-order valence-electron chi connectivity index (χ1n) is 7.48. The lowest BCUT2D eigenvalue weighted by Gasteiger charge is -2.27. The first kappa shape index (κ1) is 14.1. The van der Waals surface area contributed by atoms with Gasteiger partial charge in [-0.2, -0.15) is 0 Å². The lowest BCUT2D eigenvalue weighted by molar-refractivity contribution is -0.127. The predicted octanol–water partition coefficient (Wildman–Crippen LogP) is 0.775. The minimum atomic E-state index is -0.460. The van der Waals surface area contributed by atoms with Crippen LogP contribution in [-0.4, -0.2) is 17.9 Å². The van der Waals surface area contributed by atoms with E-state index < -0.39 is 5.91 Å². The molecule has 0 saturated heterocycles. The third-order valence-corrected chi connectivity index (χ3v) is 4.96. The van der Waals surface area contributed by atoms with Gasteiger partial charge < -0.3 is 16.8 Å². The van der Waals surface area contributed by atoms with Crippen LogP contribution in [0.25, 0.3) is 0 Å². The molecular weight excluding hydrogens is 266 g/mol. The van der Waals surface area contributed by atoms with Gasteiger partial charge in [0.05, 0.1) is 5.92 Å². The number of hydrogen-bond acceptors (Lipinski definition) is 3. The lowest BCUT2D eigenvalue weighted by Crippen LogP contribution is -2.45. The van der Waals surface area contributed by atoms with Crippen molar-refractivity contribution in [3.05, 3.63) is 35.4 Å². The van der Waals surface area contributed by atoms with Gasteiger partial charge in [-0.1, -0.05) is 12.1 Å². The van der Waals surface area contributed by atoms with Gasteiger partial charge in [-0.05, 0) is 48.8 Å². The Labute approximate surface area is 124 Å². The lowest BCUT2D eigenvalue weighted by atomic mass is 9.84. The number of benzene rings is 1. The van der Waals surface area contributed by atoms with Crippen LogP contribution in [0, 0.1) is 17.8 Å². The molecule has 0 aliphatic heterocycles. The van der Waals surface area contributed by atoms with Crippen LogP contribution in [0.3, 0.4) is 0 Å². The fourth-order valence-corrected chi connectivity index (χ4v) is 3.87. The van der Waals surface area contributed by atoms with Crippen LogP contribution in [0.5, 0.6) is 0 Å². The molecule has 2 bridgehead atoms. The molecule has 0 aromatic heterocycles. The zero-order valence-corrected chi connectivity index (χ0v) is 11.9. The number of primary amides is 1. The highest BCUT2D eigenvalue weighted by atomic mass is 16.2. The second-order valence-corrected chi connectivity index (χ2v) is 6.22. The van der Waals surface area contributed by atoms with Crippen molar-refractivity contribution in [2.45, 2.75) is 31.8 Å². The largest absolute Gasteiger partial charge is 0.366 e. The van der Waals surface area contributed by atoms with Crippen molar-refractivity contribution in [1.82, 2.24) is 5.32 Å². The van der Waals surface area contributed by atoms with Gasteiger partial charge in [0.15, 0.2) is 0 Å².